The van der Waals surface area contributed by atoms with Crippen LogP contribution in [0, 0.1) is 0 Å². The number of ketones is 2. The molecule has 0 saturated carbocycles. The number of rotatable bonds is 0. The molecule has 2 aliphatic rings. The van der Waals surface area contributed by atoms with Gasteiger partial charge >= 0.3 is 0 Å². The lowest BCUT2D eigenvalue weighted by Crippen LogP contribution is -2.11. The molecule has 176 valence electrons. The summed E-state index contributed by atoms with van der Waals surface area (Å²) in [7, 11) is 0. The van der Waals surface area contributed by atoms with Crippen LogP contribution in [0.4, 0.5) is 0 Å². The predicted octanol–water partition coefficient (Wildman–Crippen LogP) is 7.57. The van der Waals surface area contributed by atoms with Crippen molar-refractivity contribution >= 4 is 54.7 Å². The molecule has 0 atom stereocenters. The fourth-order valence-corrected chi connectivity index (χ4v) is 6.99. The van der Waals surface area contributed by atoms with Crippen molar-refractivity contribution in [2.45, 2.75) is 0 Å². The predicted molar refractivity (Wildman–Crippen MR) is 149 cm³/mol. The normalized spacial score (nSPS) is 13.6. The molecule has 9 rings (SSSR count). The number of hydrogen-bond acceptors (Lipinski definition) is 4. The van der Waals surface area contributed by atoms with E-state index in [2.05, 4.69) is 0 Å². The molecule has 38 heavy (non-hydrogen) atoms. The lowest BCUT2D eigenvalue weighted by atomic mass is 9.76. The highest BCUT2D eigenvalue weighted by Crippen LogP contribution is 2.54. The van der Waals surface area contributed by atoms with Gasteiger partial charge in [0.25, 0.3) is 0 Å². The van der Waals surface area contributed by atoms with E-state index >= 15 is 0 Å². The Morgan fingerprint density at radius 2 is 0.763 bits per heavy atom. The second-order valence-electron chi connectivity index (χ2n) is 10.2. The third kappa shape index (κ3) is 2.07. The third-order valence-corrected chi connectivity index (χ3v) is 8.48. The maximum Gasteiger partial charge on any atom is 0.194 e. The molecule has 0 radical (unpaired) electrons. The molecule has 4 nitrogen and oxygen atoms in total. The lowest BCUT2D eigenvalue weighted by molar-refractivity contribution is 0.103. The Balaban J connectivity index is 1.58. The third-order valence-electron chi connectivity index (χ3n) is 8.48. The van der Waals surface area contributed by atoms with Crippen molar-refractivity contribution < 1.29 is 19.8 Å². The van der Waals surface area contributed by atoms with Gasteiger partial charge in [0.1, 0.15) is 11.5 Å². The number of carbonyl (C=O) groups is 2. The molecule has 0 heterocycles. The van der Waals surface area contributed by atoms with E-state index in [0.29, 0.717) is 33.0 Å². The van der Waals surface area contributed by atoms with Crippen molar-refractivity contribution in [1.82, 2.24) is 0 Å². The molecule has 0 fully saturated rings. The van der Waals surface area contributed by atoms with Gasteiger partial charge in [0.05, 0.1) is 0 Å². The van der Waals surface area contributed by atoms with Gasteiger partial charge in [0.15, 0.2) is 11.6 Å². The van der Waals surface area contributed by atoms with Gasteiger partial charge in [-0.1, -0.05) is 60.7 Å². The van der Waals surface area contributed by atoms with Crippen LogP contribution in [0.15, 0.2) is 84.9 Å². The quantitative estimate of drug-likeness (QED) is 0.171. The Labute approximate surface area is 215 Å². The van der Waals surface area contributed by atoms with Crippen LogP contribution in [0.5, 0.6) is 11.5 Å². The van der Waals surface area contributed by atoms with Crippen molar-refractivity contribution in [3.63, 3.8) is 0 Å². The first-order valence-corrected chi connectivity index (χ1v) is 12.5. The maximum atomic E-state index is 13.6. The van der Waals surface area contributed by atoms with Crippen LogP contribution in [-0.2, 0) is 0 Å². The first-order valence-electron chi connectivity index (χ1n) is 12.5. The van der Waals surface area contributed by atoms with E-state index in [0.717, 1.165) is 54.6 Å². The van der Waals surface area contributed by atoms with Crippen molar-refractivity contribution in [1.29, 1.82) is 0 Å². The number of carbonyl (C=O) groups excluding carboxylic acids is 2. The summed E-state index contributed by atoms with van der Waals surface area (Å²) < 4.78 is 0. The molecule has 2 N–H and O–H groups in total. The van der Waals surface area contributed by atoms with Gasteiger partial charge in [-0.25, -0.2) is 0 Å². The SMILES string of the molecule is O=C1c2ccccc2-c2cc(O)c3c4ccc5c6c(cc(O)c(c7ccc1c2c73)c64)-c1ccccc1C5=O. The first-order chi connectivity index (χ1) is 18.5. The Morgan fingerprint density at radius 3 is 1.18 bits per heavy atom. The van der Waals surface area contributed by atoms with Crippen molar-refractivity contribution in [2.75, 3.05) is 0 Å². The standard InChI is InChI=1S/C34H16O4/c35-25-13-23-15-5-1-3-7-17(15)33(37)21-11-9-19-30-26(36)14-24-16-6-2-4-8-18(16)34(38)22-12-10-20(32(30)28(22)24)29(25)31(19)27(21)23/h1-14,35-36H. The van der Waals surface area contributed by atoms with Gasteiger partial charge in [-0.05, 0) is 57.3 Å². The van der Waals surface area contributed by atoms with Gasteiger partial charge in [-0.15, -0.1) is 0 Å². The van der Waals surface area contributed by atoms with Crippen LogP contribution in [0.2, 0.25) is 0 Å². The van der Waals surface area contributed by atoms with Gasteiger partial charge < -0.3 is 10.2 Å². The second-order valence-corrected chi connectivity index (χ2v) is 10.2. The summed E-state index contributed by atoms with van der Waals surface area (Å²) in [5.74, 6) is 0.0874. The molecule has 0 aliphatic heterocycles. The minimum atomic E-state index is -0.0567. The van der Waals surface area contributed by atoms with Crippen molar-refractivity contribution in [2.24, 2.45) is 0 Å². The zero-order valence-electron chi connectivity index (χ0n) is 19.8. The van der Waals surface area contributed by atoms with E-state index in [1.807, 2.05) is 72.8 Å². The zero-order valence-corrected chi connectivity index (χ0v) is 19.8. The van der Waals surface area contributed by atoms with Crippen molar-refractivity contribution in [3.05, 3.63) is 107 Å². The molecule has 0 saturated heterocycles. The molecular formula is C34H16O4. The van der Waals surface area contributed by atoms with Crippen LogP contribution in [0.1, 0.15) is 31.8 Å². The van der Waals surface area contributed by atoms with E-state index in [-0.39, 0.29) is 23.1 Å². The fraction of sp³-hybridized carbons (Fsp3) is 0. The molecule has 7 aromatic rings. The van der Waals surface area contributed by atoms with Gasteiger partial charge in [0.2, 0.25) is 0 Å². The summed E-state index contributed by atoms with van der Waals surface area (Å²) in [6.07, 6.45) is 0. The molecule has 0 amide bonds. The van der Waals surface area contributed by atoms with Crippen LogP contribution >= 0.6 is 0 Å². The highest BCUT2D eigenvalue weighted by atomic mass is 16.3. The van der Waals surface area contributed by atoms with Crippen LogP contribution in [-0.4, -0.2) is 21.8 Å². The highest BCUT2D eigenvalue weighted by molar-refractivity contribution is 6.43. The van der Waals surface area contributed by atoms with E-state index in [1.165, 1.54) is 0 Å². The molecule has 0 aromatic heterocycles. The number of phenolic OH excluding ortho intramolecular Hbond substituents is 2. The van der Waals surface area contributed by atoms with Gasteiger partial charge in [-0.2, -0.15) is 0 Å². The topological polar surface area (TPSA) is 74.6 Å². The minimum absolute atomic E-state index is 0.0567. The van der Waals surface area contributed by atoms with Crippen molar-refractivity contribution in [3.8, 4) is 33.8 Å². The number of hydrogen-bond donors (Lipinski definition) is 2. The smallest absolute Gasteiger partial charge is 0.194 e. The molecular weight excluding hydrogens is 472 g/mol. The van der Waals surface area contributed by atoms with E-state index < -0.39 is 0 Å². The Morgan fingerprint density at radius 1 is 0.368 bits per heavy atom. The van der Waals surface area contributed by atoms with Crippen LogP contribution in [0.3, 0.4) is 0 Å². The van der Waals surface area contributed by atoms with Gasteiger partial charge in [-0.3, -0.25) is 9.59 Å². The highest BCUT2D eigenvalue weighted by Gasteiger charge is 2.32. The summed E-state index contributed by atoms with van der Waals surface area (Å²) in [4.78, 5) is 27.1. The number of benzene rings is 7. The molecule has 0 unspecified atom stereocenters. The number of aromatic hydroxyl groups is 2. The van der Waals surface area contributed by atoms with E-state index in [1.54, 1.807) is 12.1 Å². The Kier molecular flexibility index (Phi) is 3.33. The molecule has 0 bridgehead atoms. The van der Waals surface area contributed by atoms with Gasteiger partial charge in [0, 0.05) is 54.6 Å². The summed E-state index contributed by atoms with van der Waals surface area (Å²) in [5.41, 5.74) is 5.54. The van der Waals surface area contributed by atoms with E-state index in [9.17, 15) is 19.8 Å². The largest absolute Gasteiger partial charge is 0.507 e. The minimum Gasteiger partial charge on any atom is -0.507 e. The Hall–Kier alpha value is -5.22. The molecule has 0 spiro atoms. The lowest BCUT2D eigenvalue weighted by Gasteiger charge is -2.26. The summed E-state index contributed by atoms with van der Waals surface area (Å²) in [6, 6.07) is 25.8. The summed E-state index contributed by atoms with van der Waals surface area (Å²) >= 11 is 0. The van der Waals surface area contributed by atoms with Crippen LogP contribution < -0.4 is 0 Å². The second kappa shape index (κ2) is 6.36. The zero-order chi connectivity index (χ0) is 25.4. The molecule has 4 heteroatoms. The molecule has 7 aromatic carbocycles. The number of fused-ring (bicyclic) bond motifs is 6. The first kappa shape index (κ1) is 19.9. The summed E-state index contributed by atoms with van der Waals surface area (Å²) in [6.45, 7) is 0. The monoisotopic (exact) mass is 488 g/mol. The summed E-state index contributed by atoms with van der Waals surface area (Å²) in [5, 5.41) is 28.8. The van der Waals surface area contributed by atoms with Crippen LogP contribution in [0.25, 0.3) is 65.3 Å². The average molecular weight is 488 g/mol. The van der Waals surface area contributed by atoms with E-state index in [4.69, 9.17) is 0 Å². The maximum absolute atomic E-state index is 13.6. The Bertz CT molecular complexity index is 2130. The molecule has 2 aliphatic carbocycles. The number of phenols is 2. The fourth-order valence-electron chi connectivity index (χ4n) is 6.99. The average Bonchev–Trinajstić information content (AvgIpc) is 2.94.